The van der Waals surface area contributed by atoms with Crippen LogP contribution in [0.2, 0.25) is 5.02 Å². The summed E-state index contributed by atoms with van der Waals surface area (Å²) in [7, 11) is 1.50. The maximum absolute atomic E-state index is 12.6. The van der Waals surface area contributed by atoms with E-state index in [-0.39, 0.29) is 30.3 Å². The molecule has 1 heterocycles. The Kier molecular flexibility index (Phi) is 6.78. The van der Waals surface area contributed by atoms with Crippen molar-refractivity contribution in [3.63, 3.8) is 0 Å². The lowest BCUT2D eigenvalue weighted by molar-refractivity contribution is 0.0519. The zero-order valence-corrected chi connectivity index (χ0v) is 14.3. The number of likely N-dealkylation sites (tertiary alicyclic amines) is 1. The molecular formula is C15H22Cl2N2O3. The van der Waals surface area contributed by atoms with Crippen LogP contribution in [0.5, 0.6) is 5.75 Å². The number of nitrogens with zero attached hydrogens (tertiary/aromatic N) is 1. The zero-order valence-electron chi connectivity index (χ0n) is 12.7. The van der Waals surface area contributed by atoms with Crippen LogP contribution in [-0.2, 0) is 0 Å². The highest BCUT2D eigenvalue weighted by Crippen LogP contribution is 2.31. The number of hydrogen-bond acceptors (Lipinski definition) is 4. The van der Waals surface area contributed by atoms with Crippen molar-refractivity contribution in [1.29, 1.82) is 0 Å². The third-order valence-corrected chi connectivity index (χ3v) is 4.39. The smallest absolute Gasteiger partial charge is 0.257 e. The fourth-order valence-electron chi connectivity index (χ4n) is 2.66. The minimum atomic E-state index is -0.331. The molecule has 1 fully saturated rings. The molecule has 1 unspecified atom stereocenters. The van der Waals surface area contributed by atoms with E-state index in [1.807, 2.05) is 0 Å². The molecule has 7 heteroatoms. The SMILES string of the molecule is COc1cc(N)c(Cl)cc1C(=O)N1CCC(C(C)O)CC1.Cl. The third-order valence-electron chi connectivity index (χ3n) is 4.06. The number of ether oxygens (including phenoxy) is 1. The molecule has 0 radical (unpaired) electrons. The Morgan fingerprint density at radius 2 is 2.05 bits per heavy atom. The predicted octanol–water partition coefficient (Wildman–Crippen LogP) is 2.59. The van der Waals surface area contributed by atoms with E-state index in [0.29, 0.717) is 35.1 Å². The second kappa shape index (κ2) is 7.90. The third kappa shape index (κ3) is 3.97. The number of aliphatic hydroxyl groups is 1. The van der Waals surface area contributed by atoms with Crippen molar-refractivity contribution in [2.24, 2.45) is 5.92 Å². The van der Waals surface area contributed by atoms with Crippen LogP contribution >= 0.6 is 24.0 Å². The van der Waals surface area contributed by atoms with E-state index in [9.17, 15) is 9.90 Å². The number of nitrogen functional groups attached to an aromatic ring is 1. The molecular weight excluding hydrogens is 327 g/mol. The van der Waals surface area contributed by atoms with E-state index in [4.69, 9.17) is 22.1 Å². The zero-order chi connectivity index (χ0) is 15.6. The molecule has 1 aliphatic heterocycles. The first-order valence-electron chi connectivity index (χ1n) is 7.04. The minimum Gasteiger partial charge on any atom is -0.496 e. The van der Waals surface area contributed by atoms with Gasteiger partial charge >= 0.3 is 0 Å². The Labute approximate surface area is 141 Å². The number of anilines is 1. The van der Waals surface area contributed by atoms with Crippen LogP contribution in [0.4, 0.5) is 5.69 Å². The molecule has 0 saturated carbocycles. The van der Waals surface area contributed by atoms with E-state index in [1.165, 1.54) is 7.11 Å². The number of aliphatic hydroxyl groups excluding tert-OH is 1. The molecule has 5 nitrogen and oxygen atoms in total. The van der Waals surface area contributed by atoms with Crippen molar-refractivity contribution in [2.45, 2.75) is 25.9 Å². The summed E-state index contributed by atoms with van der Waals surface area (Å²) in [6.45, 7) is 3.05. The van der Waals surface area contributed by atoms with E-state index < -0.39 is 0 Å². The number of methoxy groups -OCH3 is 1. The molecule has 1 amide bonds. The molecule has 0 aliphatic carbocycles. The molecule has 0 spiro atoms. The van der Waals surface area contributed by atoms with Crippen molar-refractivity contribution in [1.82, 2.24) is 4.90 Å². The molecule has 124 valence electrons. The average Bonchev–Trinajstić information content (AvgIpc) is 2.49. The van der Waals surface area contributed by atoms with Gasteiger partial charge in [-0.05, 0) is 31.7 Å². The first-order valence-corrected chi connectivity index (χ1v) is 7.42. The van der Waals surface area contributed by atoms with Gasteiger partial charge in [-0.3, -0.25) is 4.79 Å². The standard InChI is InChI=1S/C15H21ClN2O3.ClH/c1-9(19)10-3-5-18(6-4-10)15(20)11-7-12(16)13(17)8-14(11)21-2;/h7-10,19H,3-6,17H2,1-2H3;1H. The molecule has 1 saturated heterocycles. The maximum Gasteiger partial charge on any atom is 0.257 e. The summed E-state index contributed by atoms with van der Waals surface area (Å²) in [5.41, 5.74) is 6.54. The number of hydrogen-bond donors (Lipinski definition) is 2. The largest absolute Gasteiger partial charge is 0.496 e. The Bertz CT molecular complexity index is 530. The Hall–Kier alpha value is -1.17. The number of amides is 1. The van der Waals surface area contributed by atoms with E-state index in [2.05, 4.69) is 0 Å². The molecule has 22 heavy (non-hydrogen) atoms. The Morgan fingerprint density at radius 3 is 2.55 bits per heavy atom. The van der Waals surface area contributed by atoms with Gasteiger partial charge in [-0.2, -0.15) is 0 Å². The van der Waals surface area contributed by atoms with Gasteiger partial charge in [0.15, 0.2) is 0 Å². The number of carbonyl (C=O) groups is 1. The first kappa shape index (κ1) is 18.9. The fourth-order valence-corrected chi connectivity index (χ4v) is 2.82. The van der Waals surface area contributed by atoms with Crippen LogP contribution in [-0.4, -0.2) is 42.2 Å². The van der Waals surface area contributed by atoms with Gasteiger partial charge in [0.2, 0.25) is 0 Å². The Balaban J connectivity index is 0.00000242. The van der Waals surface area contributed by atoms with E-state index in [0.717, 1.165) is 12.8 Å². The summed E-state index contributed by atoms with van der Waals surface area (Å²) >= 11 is 6.01. The number of rotatable bonds is 3. The lowest BCUT2D eigenvalue weighted by Gasteiger charge is -2.33. The summed E-state index contributed by atoms with van der Waals surface area (Å²) < 4.78 is 5.23. The lowest BCUT2D eigenvalue weighted by Crippen LogP contribution is -2.40. The van der Waals surface area contributed by atoms with Gasteiger partial charge in [0.1, 0.15) is 5.75 Å². The van der Waals surface area contributed by atoms with E-state index in [1.54, 1.807) is 24.0 Å². The van der Waals surface area contributed by atoms with Crippen molar-refractivity contribution in [3.8, 4) is 5.75 Å². The highest BCUT2D eigenvalue weighted by atomic mass is 35.5. The number of piperidine rings is 1. The molecule has 1 atom stereocenters. The second-order valence-corrected chi connectivity index (χ2v) is 5.85. The number of nitrogens with two attached hydrogens (primary N) is 1. The predicted molar refractivity (Wildman–Crippen MR) is 90.0 cm³/mol. The summed E-state index contributed by atoms with van der Waals surface area (Å²) in [5, 5.41) is 9.96. The molecule has 2 rings (SSSR count). The van der Waals surface area contributed by atoms with Crippen LogP contribution < -0.4 is 10.5 Å². The summed E-state index contributed by atoms with van der Waals surface area (Å²) in [6.07, 6.45) is 1.27. The van der Waals surface area contributed by atoms with E-state index >= 15 is 0 Å². The number of benzene rings is 1. The number of carbonyl (C=O) groups excluding carboxylic acids is 1. The molecule has 1 aromatic carbocycles. The monoisotopic (exact) mass is 348 g/mol. The molecule has 0 bridgehead atoms. The van der Waals surface area contributed by atoms with Crippen LogP contribution in [0.15, 0.2) is 12.1 Å². The lowest BCUT2D eigenvalue weighted by atomic mass is 9.92. The molecule has 0 aromatic heterocycles. The van der Waals surface area contributed by atoms with Crippen LogP contribution in [0, 0.1) is 5.92 Å². The van der Waals surface area contributed by atoms with Crippen molar-refractivity contribution in [2.75, 3.05) is 25.9 Å². The van der Waals surface area contributed by atoms with Gasteiger partial charge in [-0.1, -0.05) is 11.6 Å². The Morgan fingerprint density at radius 1 is 1.45 bits per heavy atom. The van der Waals surface area contributed by atoms with Crippen molar-refractivity contribution < 1.29 is 14.6 Å². The second-order valence-electron chi connectivity index (χ2n) is 5.44. The van der Waals surface area contributed by atoms with Crippen LogP contribution in [0.1, 0.15) is 30.1 Å². The quantitative estimate of drug-likeness (QED) is 0.823. The average molecular weight is 349 g/mol. The number of halogens is 2. The van der Waals surface area contributed by atoms with Crippen molar-refractivity contribution >= 4 is 35.6 Å². The highest BCUT2D eigenvalue weighted by molar-refractivity contribution is 6.33. The summed E-state index contributed by atoms with van der Waals surface area (Å²) in [4.78, 5) is 14.4. The van der Waals surface area contributed by atoms with Gasteiger partial charge in [0.25, 0.3) is 5.91 Å². The first-order chi connectivity index (χ1) is 9.93. The summed E-state index contributed by atoms with van der Waals surface area (Å²) in [6, 6.07) is 3.12. The molecule has 1 aromatic rings. The van der Waals surface area contributed by atoms with Gasteiger partial charge < -0.3 is 20.5 Å². The topological polar surface area (TPSA) is 75.8 Å². The van der Waals surface area contributed by atoms with Gasteiger partial charge in [0.05, 0.1) is 29.5 Å². The maximum atomic E-state index is 12.6. The van der Waals surface area contributed by atoms with Crippen molar-refractivity contribution in [3.05, 3.63) is 22.7 Å². The van der Waals surface area contributed by atoms with Crippen LogP contribution in [0.25, 0.3) is 0 Å². The van der Waals surface area contributed by atoms with Gasteiger partial charge in [0, 0.05) is 19.2 Å². The molecule has 3 N–H and O–H groups in total. The normalized spacial score (nSPS) is 16.8. The van der Waals surface area contributed by atoms with Crippen LogP contribution in [0.3, 0.4) is 0 Å². The summed E-state index contributed by atoms with van der Waals surface area (Å²) in [5.74, 6) is 0.572. The van der Waals surface area contributed by atoms with Gasteiger partial charge in [-0.25, -0.2) is 0 Å². The van der Waals surface area contributed by atoms with Gasteiger partial charge in [-0.15, -0.1) is 12.4 Å². The fraction of sp³-hybridized carbons (Fsp3) is 0.533. The minimum absolute atomic E-state index is 0. The molecule has 1 aliphatic rings. The highest BCUT2D eigenvalue weighted by Gasteiger charge is 2.27.